The molecule has 178 valence electrons. The van der Waals surface area contributed by atoms with Crippen LogP contribution in [0.5, 0.6) is 5.75 Å². The number of benzene rings is 1. The lowest BCUT2D eigenvalue weighted by molar-refractivity contribution is 0.0166. The van der Waals surface area contributed by atoms with Gasteiger partial charge in [0, 0.05) is 25.2 Å². The molecule has 0 saturated carbocycles. The number of aliphatic hydroxyl groups excluding tert-OH is 1. The molecule has 0 bridgehead atoms. The standard InChI is InChI=1S/C21H21F3N8O2/c22-16-11-31(5-6-33)4-3-18(16)34-17-2-1-13(7-14(17)8-25)19-26-12-27-21(30-19)29-15-9-28-32(10-15)20(23)24/h1-2,7,9-10,12,16,18,20,33H,3-6,11H2,(H,26,27,29,30)/t16-,18+/m1/s1. The fourth-order valence-corrected chi connectivity index (χ4v) is 3.58. The normalized spacial score (nSPS) is 18.6. The minimum atomic E-state index is -2.77. The molecule has 2 N–H and O–H groups in total. The summed E-state index contributed by atoms with van der Waals surface area (Å²) in [5.41, 5.74) is 0.951. The van der Waals surface area contributed by atoms with E-state index in [1.54, 1.807) is 12.1 Å². The van der Waals surface area contributed by atoms with Gasteiger partial charge in [0.05, 0.1) is 30.3 Å². The molecule has 0 amide bonds. The van der Waals surface area contributed by atoms with Crippen molar-refractivity contribution in [3.05, 3.63) is 42.5 Å². The number of aliphatic hydroxyl groups is 1. The van der Waals surface area contributed by atoms with Crippen LogP contribution in [-0.2, 0) is 0 Å². The van der Waals surface area contributed by atoms with E-state index in [-0.39, 0.29) is 41.9 Å². The highest BCUT2D eigenvalue weighted by Gasteiger charge is 2.31. The Labute approximate surface area is 192 Å². The van der Waals surface area contributed by atoms with Crippen LogP contribution < -0.4 is 10.1 Å². The Morgan fingerprint density at radius 1 is 1.32 bits per heavy atom. The highest BCUT2D eigenvalue weighted by atomic mass is 19.3. The van der Waals surface area contributed by atoms with E-state index in [1.807, 2.05) is 11.0 Å². The molecule has 0 radical (unpaired) electrons. The van der Waals surface area contributed by atoms with Gasteiger partial charge >= 0.3 is 6.55 Å². The van der Waals surface area contributed by atoms with Gasteiger partial charge in [-0.2, -0.15) is 24.1 Å². The zero-order valence-corrected chi connectivity index (χ0v) is 17.9. The quantitative estimate of drug-likeness (QED) is 0.507. The van der Waals surface area contributed by atoms with Gasteiger partial charge in [0.1, 0.15) is 30.4 Å². The molecule has 1 aromatic carbocycles. The summed E-state index contributed by atoms with van der Waals surface area (Å²) >= 11 is 0. The zero-order chi connectivity index (χ0) is 24.1. The summed E-state index contributed by atoms with van der Waals surface area (Å²) in [6.07, 6.45) is 2.04. The predicted octanol–water partition coefficient (Wildman–Crippen LogP) is 2.53. The summed E-state index contributed by atoms with van der Waals surface area (Å²) in [6, 6.07) is 6.77. The van der Waals surface area contributed by atoms with Gasteiger partial charge in [0.15, 0.2) is 5.82 Å². The van der Waals surface area contributed by atoms with E-state index in [9.17, 15) is 18.4 Å². The molecule has 13 heteroatoms. The molecular weight excluding hydrogens is 453 g/mol. The Bertz CT molecular complexity index is 1170. The maximum Gasteiger partial charge on any atom is 0.333 e. The van der Waals surface area contributed by atoms with Crippen molar-refractivity contribution in [2.45, 2.75) is 25.2 Å². The number of ether oxygens (including phenoxy) is 1. The first kappa shape index (κ1) is 23.4. The molecule has 2 atom stereocenters. The average molecular weight is 474 g/mol. The van der Waals surface area contributed by atoms with Gasteiger partial charge in [-0.3, -0.25) is 4.90 Å². The summed E-state index contributed by atoms with van der Waals surface area (Å²) in [5.74, 6) is 0.594. The van der Waals surface area contributed by atoms with E-state index >= 15 is 0 Å². The van der Waals surface area contributed by atoms with Crippen molar-refractivity contribution in [1.29, 1.82) is 5.26 Å². The number of hydrogen-bond acceptors (Lipinski definition) is 9. The van der Waals surface area contributed by atoms with Crippen LogP contribution in [0.1, 0.15) is 18.5 Å². The Balaban J connectivity index is 1.48. The number of likely N-dealkylation sites (tertiary alicyclic amines) is 1. The van der Waals surface area contributed by atoms with Gasteiger partial charge in [0.25, 0.3) is 0 Å². The molecule has 1 saturated heterocycles. The Kier molecular flexibility index (Phi) is 7.19. The predicted molar refractivity (Wildman–Crippen MR) is 114 cm³/mol. The van der Waals surface area contributed by atoms with Crippen LogP contribution >= 0.6 is 0 Å². The van der Waals surface area contributed by atoms with E-state index in [0.29, 0.717) is 29.8 Å². The number of nitriles is 1. The molecule has 1 aliphatic rings. The van der Waals surface area contributed by atoms with Crippen molar-refractivity contribution in [2.75, 3.05) is 31.6 Å². The van der Waals surface area contributed by atoms with E-state index < -0.39 is 18.8 Å². The van der Waals surface area contributed by atoms with Gasteiger partial charge in [-0.15, -0.1) is 0 Å². The molecule has 0 unspecified atom stereocenters. The van der Waals surface area contributed by atoms with Crippen LogP contribution in [-0.4, -0.2) is 73.3 Å². The number of nitrogens with zero attached hydrogens (tertiary/aromatic N) is 7. The molecule has 10 nitrogen and oxygen atoms in total. The third-order valence-corrected chi connectivity index (χ3v) is 5.25. The number of rotatable bonds is 8. The number of alkyl halides is 3. The summed E-state index contributed by atoms with van der Waals surface area (Å²) in [4.78, 5) is 14.2. The van der Waals surface area contributed by atoms with Crippen molar-refractivity contribution in [3.63, 3.8) is 0 Å². The van der Waals surface area contributed by atoms with Crippen molar-refractivity contribution in [3.8, 4) is 23.2 Å². The fraction of sp³-hybridized carbons (Fsp3) is 0.381. The molecule has 0 spiro atoms. The molecule has 0 aliphatic carbocycles. The van der Waals surface area contributed by atoms with Crippen molar-refractivity contribution < 1.29 is 23.0 Å². The first-order valence-corrected chi connectivity index (χ1v) is 10.4. The molecule has 4 rings (SSSR count). The smallest absolute Gasteiger partial charge is 0.333 e. The van der Waals surface area contributed by atoms with Crippen molar-refractivity contribution in [2.24, 2.45) is 0 Å². The first-order valence-electron chi connectivity index (χ1n) is 10.4. The van der Waals surface area contributed by atoms with E-state index in [4.69, 9.17) is 9.84 Å². The van der Waals surface area contributed by atoms with E-state index in [2.05, 4.69) is 25.4 Å². The minimum absolute atomic E-state index is 0.0358. The molecule has 3 heterocycles. The van der Waals surface area contributed by atoms with Crippen LogP contribution in [0.25, 0.3) is 11.4 Å². The monoisotopic (exact) mass is 474 g/mol. The summed E-state index contributed by atoms with van der Waals surface area (Å²) < 4.78 is 46.2. The van der Waals surface area contributed by atoms with Crippen LogP contribution in [0.15, 0.2) is 36.9 Å². The third-order valence-electron chi connectivity index (χ3n) is 5.25. The highest BCUT2D eigenvalue weighted by Crippen LogP contribution is 2.28. The SMILES string of the molecule is N#Cc1cc(-c2ncnc(Nc3cnn(C(F)F)c3)n2)ccc1O[C@H]1CCN(CCO)C[C@H]1F. The molecule has 1 fully saturated rings. The number of nitrogens with one attached hydrogen (secondary N) is 1. The summed E-state index contributed by atoms with van der Waals surface area (Å²) in [7, 11) is 0. The lowest BCUT2D eigenvalue weighted by atomic mass is 10.0. The molecule has 1 aliphatic heterocycles. The third kappa shape index (κ3) is 5.41. The van der Waals surface area contributed by atoms with Crippen LogP contribution in [0, 0.1) is 11.3 Å². The number of aromatic nitrogens is 5. The van der Waals surface area contributed by atoms with E-state index in [0.717, 1.165) is 6.20 Å². The molecule has 3 aromatic rings. The Hall–Kier alpha value is -3.76. The second-order valence-corrected chi connectivity index (χ2v) is 7.55. The molecule has 34 heavy (non-hydrogen) atoms. The van der Waals surface area contributed by atoms with Gasteiger partial charge in [0.2, 0.25) is 5.95 Å². The lowest BCUT2D eigenvalue weighted by Gasteiger charge is -2.34. The second kappa shape index (κ2) is 10.4. The van der Waals surface area contributed by atoms with Crippen LogP contribution in [0.4, 0.5) is 24.8 Å². The van der Waals surface area contributed by atoms with Crippen LogP contribution in [0.2, 0.25) is 0 Å². The number of piperidine rings is 1. The van der Waals surface area contributed by atoms with Gasteiger partial charge in [-0.05, 0) is 24.6 Å². The number of hydrogen-bond donors (Lipinski definition) is 2. The number of anilines is 2. The average Bonchev–Trinajstić information content (AvgIpc) is 3.30. The first-order chi connectivity index (χ1) is 16.5. The zero-order valence-electron chi connectivity index (χ0n) is 17.9. The van der Waals surface area contributed by atoms with E-state index in [1.165, 1.54) is 18.6 Å². The number of β-amino-alcohol motifs (C(OH)–C–C–N with tert-alkyl or cyclic N) is 1. The van der Waals surface area contributed by atoms with Crippen molar-refractivity contribution >= 4 is 11.6 Å². The number of halogens is 3. The van der Waals surface area contributed by atoms with Gasteiger partial charge < -0.3 is 15.2 Å². The summed E-state index contributed by atoms with van der Waals surface area (Å²) in [5, 5.41) is 24.9. The largest absolute Gasteiger partial charge is 0.486 e. The maximum absolute atomic E-state index is 14.5. The van der Waals surface area contributed by atoms with Crippen LogP contribution in [0.3, 0.4) is 0 Å². The maximum atomic E-state index is 14.5. The second-order valence-electron chi connectivity index (χ2n) is 7.55. The van der Waals surface area contributed by atoms with Gasteiger partial charge in [-0.25, -0.2) is 19.0 Å². The molecular formula is C21H21F3N8O2. The topological polar surface area (TPSA) is 125 Å². The Morgan fingerprint density at radius 2 is 2.18 bits per heavy atom. The van der Waals surface area contributed by atoms with Crippen molar-refractivity contribution in [1.82, 2.24) is 29.6 Å². The summed E-state index contributed by atoms with van der Waals surface area (Å²) in [6.45, 7) is -1.66. The Morgan fingerprint density at radius 3 is 2.88 bits per heavy atom. The minimum Gasteiger partial charge on any atom is -0.486 e. The molecule has 2 aromatic heterocycles. The highest BCUT2D eigenvalue weighted by molar-refractivity contribution is 5.63. The van der Waals surface area contributed by atoms with Gasteiger partial charge in [-0.1, -0.05) is 0 Å². The lowest BCUT2D eigenvalue weighted by Crippen LogP contribution is -2.47. The fourth-order valence-electron chi connectivity index (χ4n) is 3.58.